The molecule has 0 aromatic heterocycles. The van der Waals surface area contributed by atoms with Crippen LogP contribution in [0.25, 0.3) is 0 Å². The predicted molar refractivity (Wildman–Crippen MR) is 52.0 cm³/mol. The van der Waals surface area contributed by atoms with Gasteiger partial charge >= 0.3 is 0 Å². The Labute approximate surface area is 82.9 Å². The molecule has 1 rings (SSSR count). The molecule has 0 spiro atoms. The van der Waals surface area contributed by atoms with Crippen molar-refractivity contribution in [2.24, 2.45) is 0 Å². The van der Waals surface area contributed by atoms with Crippen LogP contribution in [0.15, 0.2) is 17.0 Å². The minimum Gasteiger partial charge on any atom is -0.506 e. The van der Waals surface area contributed by atoms with Crippen molar-refractivity contribution in [3.63, 3.8) is 0 Å². The third-order valence-electron chi connectivity index (χ3n) is 2.05. The van der Waals surface area contributed by atoms with Crippen LogP contribution in [0.3, 0.4) is 0 Å². The second kappa shape index (κ2) is 3.59. The molecule has 0 fully saturated rings. The van der Waals surface area contributed by atoms with Gasteiger partial charge in [0.2, 0.25) is 0 Å². The van der Waals surface area contributed by atoms with Crippen LogP contribution in [-0.4, -0.2) is 18.1 Å². The summed E-state index contributed by atoms with van der Waals surface area (Å²) >= 11 is 0. The summed E-state index contributed by atoms with van der Waals surface area (Å²) in [5.74, 6) is -0.369. The molecule has 2 N–H and O–H groups in total. The Morgan fingerprint density at radius 2 is 1.93 bits per heavy atom. The average molecular weight is 216 g/mol. The van der Waals surface area contributed by atoms with Crippen molar-refractivity contribution in [3.8, 4) is 5.75 Å². The highest BCUT2D eigenvalue weighted by Crippen LogP contribution is 2.29. The maximum Gasteiger partial charge on any atom is 0.298 e. The maximum atomic E-state index is 11.0. The Morgan fingerprint density at radius 3 is 2.36 bits per heavy atom. The van der Waals surface area contributed by atoms with Crippen molar-refractivity contribution in [2.75, 3.05) is 0 Å². The van der Waals surface area contributed by atoms with Crippen molar-refractivity contribution in [3.05, 3.63) is 23.3 Å². The topological polar surface area (TPSA) is 74.6 Å². The van der Waals surface area contributed by atoms with Crippen LogP contribution < -0.4 is 0 Å². The minimum atomic E-state index is -4.35. The van der Waals surface area contributed by atoms with Crippen molar-refractivity contribution < 1.29 is 18.1 Å². The van der Waals surface area contributed by atoms with E-state index in [-0.39, 0.29) is 10.6 Å². The zero-order valence-electron chi connectivity index (χ0n) is 7.98. The molecule has 0 bridgehead atoms. The Balaban J connectivity index is 3.60. The van der Waals surface area contributed by atoms with Gasteiger partial charge in [0.25, 0.3) is 10.1 Å². The number of hydrogen-bond acceptors (Lipinski definition) is 3. The molecule has 78 valence electrons. The first-order valence-electron chi connectivity index (χ1n) is 4.16. The van der Waals surface area contributed by atoms with Gasteiger partial charge in [-0.2, -0.15) is 8.42 Å². The lowest BCUT2D eigenvalue weighted by molar-refractivity contribution is 0.438. The lowest BCUT2D eigenvalue weighted by Gasteiger charge is -2.08. The summed E-state index contributed by atoms with van der Waals surface area (Å²) in [6.07, 6.45) is 0.433. The molecule has 0 heterocycles. The molecule has 0 aliphatic carbocycles. The molecular weight excluding hydrogens is 204 g/mol. The highest BCUT2D eigenvalue weighted by molar-refractivity contribution is 7.86. The van der Waals surface area contributed by atoms with Gasteiger partial charge in [-0.3, -0.25) is 4.55 Å². The second-order valence-corrected chi connectivity index (χ2v) is 4.41. The Morgan fingerprint density at radius 1 is 1.36 bits per heavy atom. The molecule has 0 saturated carbocycles. The Hall–Kier alpha value is -1.07. The van der Waals surface area contributed by atoms with Gasteiger partial charge in [-0.15, -0.1) is 0 Å². The van der Waals surface area contributed by atoms with Gasteiger partial charge in [-0.1, -0.05) is 19.1 Å². The largest absolute Gasteiger partial charge is 0.506 e. The summed E-state index contributed by atoms with van der Waals surface area (Å²) in [4.78, 5) is -0.375. The average Bonchev–Trinajstić information content (AvgIpc) is 2.07. The van der Waals surface area contributed by atoms with Gasteiger partial charge in [0.05, 0.1) is 0 Å². The fourth-order valence-electron chi connectivity index (χ4n) is 1.28. The van der Waals surface area contributed by atoms with Gasteiger partial charge in [-0.25, -0.2) is 0 Å². The van der Waals surface area contributed by atoms with E-state index in [4.69, 9.17) is 4.55 Å². The van der Waals surface area contributed by atoms with E-state index in [1.54, 1.807) is 26.0 Å². The Kier molecular flexibility index (Phi) is 2.82. The lowest BCUT2D eigenvalue weighted by atomic mass is 10.1. The monoisotopic (exact) mass is 216 g/mol. The summed E-state index contributed by atoms with van der Waals surface area (Å²) in [5.41, 5.74) is 0.838. The van der Waals surface area contributed by atoms with E-state index in [0.29, 0.717) is 17.5 Å². The summed E-state index contributed by atoms with van der Waals surface area (Å²) in [5, 5.41) is 9.51. The molecule has 0 saturated heterocycles. The van der Waals surface area contributed by atoms with E-state index in [9.17, 15) is 13.5 Å². The summed E-state index contributed by atoms with van der Waals surface area (Å²) in [6, 6.07) is 3.20. The van der Waals surface area contributed by atoms with Gasteiger partial charge in [0, 0.05) is 0 Å². The van der Waals surface area contributed by atoms with Crippen molar-refractivity contribution in [1.29, 1.82) is 0 Å². The van der Waals surface area contributed by atoms with Crippen LogP contribution in [0, 0.1) is 6.92 Å². The van der Waals surface area contributed by atoms with E-state index in [2.05, 4.69) is 0 Å². The van der Waals surface area contributed by atoms with E-state index in [0.717, 1.165) is 0 Å². The Bertz CT molecular complexity index is 448. The fourth-order valence-corrected chi connectivity index (χ4v) is 2.23. The molecular formula is C9H12O4S. The maximum absolute atomic E-state index is 11.0. The third-order valence-corrected chi connectivity index (χ3v) is 3.03. The number of aryl methyl sites for hydroxylation is 2. The standard InChI is InChI=1S/C9H12O4S/c1-3-7-5-4-6(2)8(10)9(7)14(11,12)13/h4-5,10H,3H2,1-2H3,(H,11,12,13). The number of phenolic OH excluding ortho intramolecular Hbond substituents is 1. The fraction of sp³-hybridized carbons (Fsp3) is 0.333. The summed E-state index contributed by atoms with van der Waals surface area (Å²) in [6.45, 7) is 3.32. The number of phenols is 1. The first kappa shape index (κ1) is 11.0. The molecule has 1 aromatic rings. The first-order valence-corrected chi connectivity index (χ1v) is 5.61. The first-order chi connectivity index (χ1) is 6.38. The van der Waals surface area contributed by atoms with Gasteiger partial charge in [0.1, 0.15) is 10.6 Å². The van der Waals surface area contributed by atoms with Crippen LogP contribution in [0.4, 0.5) is 0 Å². The summed E-state index contributed by atoms with van der Waals surface area (Å²) < 4.78 is 30.9. The SMILES string of the molecule is CCc1ccc(C)c(O)c1S(=O)(=O)O. The van der Waals surface area contributed by atoms with Crippen molar-refractivity contribution in [2.45, 2.75) is 25.2 Å². The quantitative estimate of drug-likeness (QED) is 0.735. The molecule has 0 amide bonds. The third kappa shape index (κ3) is 1.88. The van der Waals surface area contributed by atoms with Crippen LogP contribution >= 0.6 is 0 Å². The predicted octanol–water partition coefficient (Wildman–Crippen LogP) is 1.51. The van der Waals surface area contributed by atoms with Crippen LogP contribution in [0.5, 0.6) is 5.75 Å². The van der Waals surface area contributed by atoms with E-state index in [1.807, 2.05) is 0 Å². The summed E-state index contributed by atoms with van der Waals surface area (Å²) in [7, 11) is -4.35. The van der Waals surface area contributed by atoms with Crippen molar-refractivity contribution >= 4 is 10.1 Å². The highest BCUT2D eigenvalue weighted by atomic mass is 32.2. The molecule has 5 heteroatoms. The van der Waals surface area contributed by atoms with Crippen LogP contribution in [-0.2, 0) is 16.5 Å². The number of hydrogen-bond donors (Lipinski definition) is 2. The molecule has 0 aliphatic rings. The number of rotatable bonds is 2. The van der Waals surface area contributed by atoms with E-state index >= 15 is 0 Å². The molecule has 1 aromatic carbocycles. The molecule has 0 unspecified atom stereocenters. The van der Waals surface area contributed by atoms with Crippen LogP contribution in [0.1, 0.15) is 18.1 Å². The molecule has 4 nitrogen and oxygen atoms in total. The van der Waals surface area contributed by atoms with E-state index < -0.39 is 10.1 Å². The zero-order valence-corrected chi connectivity index (χ0v) is 8.80. The molecule has 14 heavy (non-hydrogen) atoms. The van der Waals surface area contributed by atoms with E-state index in [1.165, 1.54) is 0 Å². The normalized spacial score (nSPS) is 11.6. The molecule has 0 aliphatic heterocycles. The molecule has 0 radical (unpaired) electrons. The lowest BCUT2D eigenvalue weighted by Crippen LogP contribution is -2.04. The number of aromatic hydroxyl groups is 1. The van der Waals surface area contributed by atoms with Gasteiger partial charge in [-0.05, 0) is 24.5 Å². The number of benzene rings is 1. The van der Waals surface area contributed by atoms with Crippen LogP contribution in [0.2, 0.25) is 0 Å². The highest BCUT2D eigenvalue weighted by Gasteiger charge is 2.20. The zero-order chi connectivity index (χ0) is 10.9. The van der Waals surface area contributed by atoms with Crippen molar-refractivity contribution in [1.82, 2.24) is 0 Å². The van der Waals surface area contributed by atoms with Gasteiger partial charge < -0.3 is 5.11 Å². The minimum absolute atomic E-state index is 0.369. The second-order valence-electron chi connectivity index (χ2n) is 3.05. The molecule has 0 atom stereocenters. The van der Waals surface area contributed by atoms with Gasteiger partial charge in [0.15, 0.2) is 0 Å². The smallest absolute Gasteiger partial charge is 0.298 e.